The molecule has 2 rings (SSSR count). The van der Waals surface area contributed by atoms with Gasteiger partial charge in [-0.1, -0.05) is 46.5 Å². The summed E-state index contributed by atoms with van der Waals surface area (Å²) in [5.41, 5.74) is 1.37. The summed E-state index contributed by atoms with van der Waals surface area (Å²) in [5.74, 6) is 1.87. The highest BCUT2D eigenvalue weighted by Crippen LogP contribution is 2.49. The minimum Gasteiger partial charge on any atom is -0.507 e. The van der Waals surface area contributed by atoms with Gasteiger partial charge < -0.3 is 15.3 Å². The van der Waals surface area contributed by atoms with E-state index in [-0.39, 0.29) is 17.4 Å². The first-order valence-electron chi connectivity index (χ1n) is 9.81. The lowest BCUT2D eigenvalue weighted by Gasteiger charge is -2.23. The van der Waals surface area contributed by atoms with Gasteiger partial charge in [0.05, 0.1) is 11.2 Å². The molecule has 0 aromatic heterocycles. The van der Waals surface area contributed by atoms with E-state index in [9.17, 15) is 15.3 Å². The van der Waals surface area contributed by atoms with Gasteiger partial charge in [0.25, 0.3) is 0 Å². The molecule has 0 amide bonds. The minimum absolute atomic E-state index is 0.117. The molecule has 0 fully saturated rings. The fraction of sp³-hybridized carbons (Fsp3) is 0.636. The van der Waals surface area contributed by atoms with Crippen molar-refractivity contribution in [3.05, 3.63) is 28.2 Å². The van der Waals surface area contributed by atoms with E-state index in [0.717, 1.165) is 34.6 Å². The Kier molecular flexibility index (Phi) is 7.09. The van der Waals surface area contributed by atoms with E-state index in [1.165, 1.54) is 19.3 Å². The molecule has 4 heteroatoms. The van der Waals surface area contributed by atoms with Crippen LogP contribution in [0, 0.1) is 5.92 Å². The van der Waals surface area contributed by atoms with Crippen LogP contribution >= 0.6 is 11.8 Å². The molecule has 1 aromatic rings. The monoisotopic (exact) mass is 378 g/mol. The smallest absolute Gasteiger partial charge is 0.127 e. The molecule has 0 saturated heterocycles. The number of unbranched alkanes of at least 4 members (excludes halogenated alkanes) is 2. The van der Waals surface area contributed by atoms with Gasteiger partial charge in [-0.25, -0.2) is 0 Å². The zero-order valence-electron chi connectivity index (χ0n) is 16.8. The first-order chi connectivity index (χ1) is 12.2. The SMILES string of the molecule is CCCCCC(C)C(C)c1cc(O)c(C2=C(C(C)(C)O)SCC2)c(O)c1. The van der Waals surface area contributed by atoms with E-state index in [1.807, 2.05) is 0 Å². The number of benzene rings is 1. The lowest BCUT2D eigenvalue weighted by atomic mass is 9.84. The molecule has 3 N–H and O–H groups in total. The lowest BCUT2D eigenvalue weighted by Crippen LogP contribution is -2.20. The normalized spacial score (nSPS) is 17.6. The third-order valence-corrected chi connectivity index (χ3v) is 6.93. The second-order valence-corrected chi connectivity index (χ2v) is 9.27. The van der Waals surface area contributed by atoms with Gasteiger partial charge in [0.1, 0.15) is 11.5 Å². The first kappa shape index (κ1) is 21.2. The number of aliphatic hydroxyl groups is 1. The van der Waals surface area contributed by atoms with Crippen molar-refractivity contribution in [3.63, 3.8) is 0 Å². The van der Waals surface area contributed by atoms with Gasteiger partial charge in [-0.3, -0.25) is 0 Å². The summed E-state index contributed by atoms with van der Waals surface area (Å²) in [4.78, 5) is 0.844. The van der Waals surface area contributed by atoms with Crippen molar-refractivity contribution in [2.75, 3.05) is 5.75 Å². The molecule has 3 nitrogen and oxygen atoms in total. The number of hydrogen-bond acceptors (Lipinski definition) is 4. The highest BCUT2D eigenvalue weighted by atomic mass is 32.2. The van der Waals surface area contributed by atoms with Crippen LogP contribution in [-0.2, 0) is 0 Å². The van der Waals surface area contributed by atoms with E-state index in [2.05, 4.69) is 20.8 Å². The summed E-state index contributed by atoms with van der Waals surface area (Å²) < 4.78 is 0. The van der Waals surface area contributed by atoms with Crippen LogP contribution in [-0.4, -0.2) is 26.7 Å². The van der Waals surface area contributed by atoms with Crippen LogP contribution < -0.4 is 0 Å². The molecule has 0 aliphatic carbocycles. The maximum atomic E-state index is 10.7. The summed E-state index contributed by atoms with van der Waals surface area (Å²) in [5, 5.41) is 31.8. The molecule has 2 atom stereocenters. The largest absolute Gasteiger partial charge is 0.507 e. The van der Waals surface area contributed by atoms with Crippen molar-refractivity contribution < 1.29 is 15.3 Å². The summed E-state index contributed by atoms with van der Waals surface area (Å²) in [6.07, 6.45) is 5.58. The Hall–Kier alpha value is -1.13. The summed E-state index contributed by atoms with van der Waals surface area (Å²) in [6, 6.07) is 3.60. The van der Waals surface area contributed by atoms with Crippen molar-refractivity contribution >= 4 is 17.3 Å². The Labute approximate surface area is 162 Å². The Morgan fingerprint density at radius 3 is 2.27 bits per heavy atom. The molecule has 0 radical (unpaired) electrons. The third kappa shape index (κ3) is 4.77. The Bertz CT molecular complexity index is 635. The second kappa shape index (κ2) is 8.71. The van der Waals surface area contributed by atoms with Crippen LogP contribution in [0.4, 0.5) is 0 Å². The van der Waals surface area contributed by atoms with Crippen molar-refractivity contribution in [1.82, 2.24) is 0 Å². The predicted octanol–water partition coefficient (Wildman–Crippen LogP) is 6.04. The van der Waals surface area contributed by atoms with E-state index >= 15 is 0 Å². The molecule has 0 bridgehead atoms. The lowest BCUT2D eigenvalue weighted by molar-refractivity contribution is 0.130. The third-order valence-electron chi connectivity index (χ3n) is 5.49. The van der Waals surface area contributed by atoms with Crippen LogP contribution in [0.15, 0.2) is 17.0 Å². The number of aromatic hydroxyl groups is 2. The van der Waals surface area contributed by atoms with Crippen molar-refractivity contribution in [3.8, 4) is 11.5 Å². The van der Waals surface area contributed by atoms with Crippen LogP contribution in [0.25, 0.3) is 5.57 Å². The average Bonchev–Trinajstić information content (AvgIpc) is 3.03. The molecule has 0 spiro atoms. The van der Waals surface area contributed by atoms with E-state index in [0.29, 0.717) is 11.5 Å². The molecular formula is C22H34O3S. The zero-order chi connectivity index (χ0) is 19.5. The molecule has 1 aliphatic rings. The number of allylic oxidation sites excluding steroid dienone is 1. The number of hydrogen-bond donors (Lipinski definition) is 3. The Balaban J connectivity index is 2.31. The molecule has 0 saturated carbocycles. The van der Waals surface area contributed by atoms with Crippen LogP contribution in [0.1, 0.15) is 83.8 Å². The van der Waals surface area contributed by atoms with Crippen LogP contribution in [0.5, 0.6) is 11.5 Å². The predicted molar refractivity (Wildman–Crippen MR) is 112 cm³/mol. The van der Waals surface area contributed by atoms with Gasteiger partial charge in [0.15, 0.2) is 0 Å². The summed E-state index contributed by atoms with van der Waals surface area (Å²) in [7, 11) is 0. The number of thioether (sulfide) groups is 1. The van der Waals surface area contributed by atoms with E-state index < -0.39 is 5.60 Å². The van der Waals surface area contributed by atoms with Gasteiger partial charge >= 0.3 is 0 Å². The van der Waals surface area contributed by atoms with E-state index in [1.54, 1.807) is 37.7 Å². The molecule has 2 unspecified atom stereocenters. The number of phenols is 2. The quantitative estimate of drug-likeness (QED) is 0.483. The number of rotatable bonds is 8. The van der Waals surface area contributed by atoms with Gasteiger partial charge in [-0.15, -0.1) is 11.8 Å². The van der Waals surface area contributed by atoms with Crippen molar-refractivity contribution in [1.29, 1.82) is 0 Å². The maximum absolute atomic E-state index is 10.7. The average molecular weight is 379 g/mol. The summed E-state index contributed by atoms with van der Waals surface area (Å²) in [6.45, 7) is 10.1. The molecule has 1 aliphatic heterocycles. The Morgan fingerprint density at radius 2 is 1.73 bits per heavy atom. The fourth-order valence-corrected chi connectivity index (χ4v) is 4.98. The Morgan fingerprint density at radius 1 is 1.12 bits per heavy atom. The molecule has 26 heavy (non-hydrogen) atoms. The second-order valence-electron chi connectivity index (χ2n) is 8.16. The van der Waals surface area contributed by atoms with Gasteiger partial charge in [0, 0.05) is 10.7 Å². The molecule has 1 heterocycles. The fourth-order valence-electron chi connectivity index (χ4n) is 3.74. The minimum atomic E-state index is -0.963. The van der Waals surface area contributed by atoms with Crippen LogP contribution in [0.2, 0.25) is 0 Å². The van der Waals surface area contributed by atoms with Crippen molar-refractivity contribution in [2.24, 2.45) is 5.92 Å². The molecular weight excluding hydrogens is 344 g/mol. The first-order valence-corrected chi connectivity index (χ1v) is 10.8. The van der Waals surface area contributed by atoms with Crippen molar-refractivity contribution in [2.45, 2.75) is 78.2 Å². The number of phenolic OH excluding ortho intramolecular Hbond substituents is 2. The van der Waals surface area contributed by atoms with Gasteiger partial charge in [-0.05, 0) is 55.4 Å². The topological polar surface area (TPSA) is 60.7 Å². The molecule has 1 aromatic carbocycles. The zero-order valence-corrected chi connectivity index (χ0v) is 17.6. The summed E-state index contributed by atoms with van der Waals surface area (Å²) >= 11 is 1.60. The standard InChI is InChI=1S/C22H34O3S/c1-6-7-8-9-14(2)15(3)16-12-18(23)20(19(24)13-16)17-10-11-26-21(17)22(4,5)25/h12-15,23-25H,6-11H2,1-5H3. The van der Waals surface area contributed by atoms with E-state index in [4.69, 9.17) is 0 Å². The molecule has 146 valence electrons. The maximum Gasteiger partial charge on any atom is 0.127 e. The van der Waals surface area contributed by atoms with Gasteiger partial charge in [0.2, 0.25) is 0 Å². The highest BCUT2D eigenvalue weighted by Gasteiger charge is 2.31. The highest BCUT2D eigenvalue weighted by molar-refractivity contribution is 8.03. The van der Waals surface area contributed by atoms with Gasteiger partial charge in [-0.2, -0.15) is 0 Å². The van der Waals surface area contributed by atoms with Crippen LogP contribution in [0.3, 0.4) is 0 Å².